The number of hydrogen-bond acceptors (Lipinski definition) is 4. The van der Waals surface area contributed by atoms with Crippen LogP contribution in [0.3, 0.4) is 0 Å². The van der Waals surface area contributed by atoms with Gasteiger partial charge < -0.3 is 15.2 Å². The lowest BCUT2D eigenvalue weighted by Crippen LogP contribution is -2.33. The molecular formula is C17H19N3O3. The Balaban J connectivity index is 1.72. The quantitative estimate of drug-likeness (QED) is 0.734. The van der Waals surface area contributed by atoms with E-state index >= 15 is 0 Å². The summed E-state index contributed by atoms with van der Waals surface area (Å²) in [5.41, 5.74) is 1.88. The predicted octanol–water partition coefficient (Wildman–Crippen LogP) is 1.75. The van der Waals surface area contributed by atoms with Crippen LogP contribution in [-0.4, -0.2) is 41.0 Å². The molecular weight excluding hydrogens is 294 g/mol. The van der Waals surface area contributed by atoms with Crippen molar-refractivity contribution in [3.63, 3.8) is 0 Å². The van der Waals surface area contributed by atoms with Crippen molar-refractivity contribution >= 4 is 5.91 Å². The van der Waals surface area contributed by atoms with E-state index in [-0.39, 0.29) is 24.5 Å². The van der Waals surface area contributed by atoms with Gasteiger partial charge in [0.15, 0.2) is 0 Å². The van der Waals surface area contributed by atoms with Crippen LogP contribution in [0.2, 0.25) is 0 Å². The summed E-state index contributed by atoms with van der Waals surface area (Å²) in [6.45, 7) is 0.102. The van der Waals surface area contributed by atoms with Gasteiger partial charge in [0.05, 0.1) is 12.8 Å². The van der Waals surface area contributed by atoms with Crippen molar-refractivity contribution in [2.75, 3.05) is 13.7 Å². The average molecular weight is 313 g/mol. The Bertz CT molecular complexity index is 723. The van der Waals surface area contributed by atoms with Crippen molar-refractivity contribution in [1.82, 2.24) is 15.5 Å². The zero-order valence-corrected chi connectivity index (χ0v) is 12.8. The molecule has 0 spiro atoms. The largest absolute Gasteiger partial charge is 0.496 e. The maximum atomic E-state index is 12.3. The minimum Gasteiger partial charge on any atom is -0.496 e. The molecule has 0 fully saturated rings. The number of aromatic nitrogens is 2. The van der Waals surface area contributed by atoms with E-state index in [0.29, 0.717) is 17.1 Å². The molecule has 0 saturated carbocycles. The Labute approximate surface area is 134 Å². The molecule has 1 amide bonds. The molecule has 2 aromatic rings. The van der Waals surface area contributed by atoms with Crippen LogP contribution in [0, 0.1) is 5.92 Å². The first-order valence-electron chi connectivity index (χ1n) is 7.50. The minimum atomic E-state index is -0.216. The summed E-state index contributed by atoms with van der Waals surface area (Å²) < 4.78 is 5.31. The average Bonchev–Trinajstić information content (AvgIpc) is 3.24. The summed E-state index contributed by atoms with van der Waals surface area (Å²) in [7, 11) is 1.60. The molecule has 1 heterocycles. The van der Waals surface area contributed by atoms with Crippen LogP contribution in [0.15, 0.2) is 42.5 Å². The number of benzene rings is 1. The maximum absolute atomic E-state index is 12.3. The fourth-order valence-corrected chi connectivity index (χ4v) is 2.70. The number of aromatic amines is 1. The summed E-state index contributed by atoms with van der Waals surface area (Å²) in [5, 5.41) is 19.0. The lowest BCUT2D eigenvalue weighted by molar-refractivity contribution is 0.0936. The van der Waals surface area contributed by atoms with Gasteiger partial charge in [-0.1, -0.05) is 24.3 Å². The van der Waals surface area contributed by atoms with Gasteiger partial charge in [0, 0.05) is 24.1 Å². The molecule has 6 heteroatoms. The van der Waals surface area contributed by atoms with Crippen molar-refractivity contribution < 1.29 is 14.6 Å². The minimum absolute atomic E-state index is 0.0577. The number of H-pyrrole nitrogens is 1. The van der Waals surface area contributed by atoms with E-state index in [2.05, 4.69) is 15.5 Å². The van der Waals surface area contributed by atoms with Gasteiger partial charge in [0.1, 0.15) is 11.4 Å². The Hall–Kier alpha value is -2.60. The number of nitrogens with one attached hydrogen (secondary N) is 2. The van der Waals surface area contributed by atoms with Gasteiger partial charge in [0.2, 0.25) is 0 Å². The first kappa shape index (κ1) is 15.3. The zero-order valence-electron chi connectivity index (χ0n) is 12.8. The highest BCUT2D eigenvalue weighted by atomic mass is 16.5. The van der Waals surface area contributed by atoms with Gasteiger partial charge in [-0.05, 0) is 24.6 Å². The lowest BCUT2D eigenvalue weighted by atomic mass is 10.1. The number of rotatable bonds is 5. The third-order valence-electron chi connectivity index (χ3n) is 3.93. The fourth-order valence-electron chi connectivity index (χ4n) is 2.70. The Morgan fingerprint density at radius 3 is 3.00 bits per heavy atom. The van der Waals surface area contributed by atoms with Crippen LogP contribution >= 0.6 is 0 Å². The second kappa shape index (κ2) is 6.66. The molecule has 0 unspecified atom stereocenters. The van der Waals surface area contributed by atoms with Crippen LogP contribution in [0.4, 0.5) is 0 Å². The fraction of sp³-hybridized carbons (Fsp3) is 0.294. The lowest BCUT2D eigenvalue weighted by Gasteiger charge is -2.11. The Kier molecular flexibility index (Phi) is 4.43. The third-order valence-corrected chi connectivity index (χ3v) is 3.93. The molecule has 0 bridgehead atoms. The summed E-state index contributed by atoms with van der Waals surface area (Å²) in [6, 6.07) is 9.16. The molecule has 1 aromatic carbocycles. The zero-order chi connectivity index (χ0) is 16.2. The number of nitrogens with zero attached hydrogens (tertiary/aromatic N) is 1. The normalized spacial score (nSPS) is 19.7. The van der Waals surface area contributed by atoms with Crippen LogP contribution < -0.4 is 10.1 Å². The predicted molar refractivity (Wildman–Crippen MR) is 86.2 cm³/mol. The molecule has 1 aromatic heterocycles. The maximum Gasteiger partial charge on any atom is 0.269 e. The second-order valence-corrected chi connectivity index (χ2v) is 5.51. The van der Waals surface area contributed by atoms with Crippen LogP contribution in [-0.2, 0) is 0 Å². The highest BCUT2D eigenvalue weighted by molar-refractivity contribution is 5.93. The monoisotopic (exact) mass is 313 g/mol. The second-order valence-electron chi connectivity index (χ2n) is 5.51. The van der Waals surface area contributed by atoms with Crippen molar-refractivity contribution in [2.45, 2.75) is 12.5 Å². The van der Waals surface area contributed by atoms with E-state index in [1.807, 2.05) is 36.4 Å². The van der Waals surface area contributed by atoms with E-state index in [1.165, 1.54) is 0 Å². The van der Waals surface area contributed by atoms with Gasteiger partial charge in [-0.15, -0.1) is 0 Å². The first-order valence-corrected chi connectivity index (χ1v) is 7.50. The summed E-state index contributed by atoms with van der Waals surface area (Å²) in [6.07, 6.45) is 4.56. The van der Waals surface area contributed by atoms with Gasteiger partial charge in [-0.2, -0.15) is 5.10 Å². The molecule has 2 atom stereocenters. The van der Waals surface area contributed by atoms with E-state index in [1.54, 1.807) is 13.2 Å². The van der Waals surface area contributed by atoms with E-state index in [9.17, 15) is 4.79 Å². The molecule has 3 N–H and O–H groups in total. The molecule has 1 aliphatic carbocycles. The topological polar surface area (TPSA) is 87.2 Å². The SMILES string of the molecule is COc1ccccc1-c1cc(C(=O)N[C@@H]2C=C[C@H](CO)C2)[nH]n1. The van der Waals surface area contributed by atoms with Gasteiger partial charge in [-0.3, -0.25) is 9.89 Å². The number of aliphatic hydroxyl groups excluding tert-OH is 1. The third kappa shape index (κ3) is 3.27. The van der Waals surface area contributed by atoms with Crippen molar-refractivity contribution in [2.24, 2.45) is 5.92 Å². The number of carbonyl (C=O) groups is 1. The van der Waals surface area contributed by atoms with E-state index < -0.39 is 0 Å². The molecule has 0 saturated heterocycles. The molecule has 3 rings (SSSR count). The van der Waals surface area contributed by atoms with Crippen molar-refractivity contribution in [3.8, 4) is 17.0 Å². The molecule has 6 nitrogen and oxygen atoms in total. The highest BCUT2D eigenvalue weighted by Crippen LogP contribution is 2.28. The molecule has 0 aliphatic heterocycles. The van der Waals surface area contributed by atoms with Crippen LogP contribution in [0.5, 0.6) is 5.75 Å². The van der Waals surface area contributed by atoms with E-state index in [4.69, 9.17) is 9.84 Å². The van der Waals surface area contributed by atoms with Crippen molar-refractivity contribution in [1.29, 1.82) is 0 Å². The number of aliphatic hydroxyl groups is 1. The number of methoxy groups -OCH3 is 1. The number of carbonyl (C=O) groups excluding carboxylic acids is 1. The Morgan fingerprint density at radius 1 is 1.43 bits per heavy atom. The number of ether oxygens (including phenoxy) is 1. The van der Waals surface area contributed by atoms with E-state index in [0.717, 1.165) is 12.0 Å². The summed E-state index contributed by atoms with van der Waals surface area (Å²) in [4.78, 5) is 12.3. The number of amides is 1. The van der Waals surface area contributed by atoms with Gasteiger partial charge in [0.25, 0.3) is 5.91 Å². The number of para-hydroxylation sites is 1. The Morgan fingerprint density at radius 2 is 2.26 bits per heavy atom. The molecule has 0 radical (unpaired) electrons. The molecule has 120 valence electrons. The van der Waals surface area contributed by atoms with Gasteiger partial charge in [-0.25, -0.2) is 0 Å². The van der Waals surface area contributed by atoms with Gasteiger partial charge >= 0.3 is 0 Å². The smallest absolute Gasteiger partial charge is 0.269 e. The standard InChI is InChI=1S/C17H19N3O3/c1-23-16-5-3-2-4-13(16)14-9-15(20-19-14)17(22)18-12-7-6-11(8-12)10-21/h2-7,9,11-12,21H,8,10H2,1H3,(H,18,22)(H,19,20)/t11-,12+/m0/s1. The highest BCUT2D eigenvalue weighted by Gasteiger charge is 2.21. The van der Waals surface area contributed by atoms with Crippen molar-refractivity contribution in [3.05, 3.63) is 48.2 Å². The molecule has 1 aliphatic rings. The summed E-state index contributed by atoms with van der Waals surface area (Å²) >= 11 is 0. The number of hydrogen-bond donors (Lipinski definition) is 3. The van der Waals surface area contributed by atoms with Crippen LogP contribution in [0.1, 0.15) is 16.9 Å². The summed E-state index contributed by atoms with van der Waals surface area (Å²) in [5.74, 6) is 0.605. The molecule has 23 heavy (non-hydrogen) atoms. The van der Waals surface area contributed by atoms with Crippen LogP contribution in [0.25, 0.3) is 11.3 Å². The first-order chi connectivity index (χ1) is 11.2.